The van der Waals surface area contributed by atoms with E-state index in [1.165, 1.54) is 12.1 Å². The van der Waals surface area contributed by atoms with Crippen LogP contribution in [0.25, 0.3) is 0 Å². The molecule has 0 saturated heterocycles. The molecule has 1 aromatic carbocycles. The van der Waals surface area contributed by atoms with Gasteiger partial charge in [0.25, 0.3) is 0 Å². The summed E-state index contributed by atoms with van der Waals surface area (Å²) in [5, 5.41) is 0. The van der Waals surface area contributed by atoms with E-state index >= 15 is 0 Å². The maximum absolute atomic E-state index is 13.5. The van der Waals surface area contributed by atoms with Gasteiger partial charge in [0, 0.05) is 18.5 Å². The average molecular weight is 249 g/mol. The first kappa shape index (κ1) is 12.6. The van der Waals surface area contributed by atoms with Gasteiger partial charge in [-0.1, -0.05) is 6.07 Å². The van der Waals surface area contributed by atoms with E-state index in [0.29, 0.717) is 11.4 Å². The molecule has 3 nitrogen and oxygen atoms in total. The van der Waals surface area contributed by atoms with Crippen molar-refractivity contribution in [2.45, 2.75) is 19.4 Å². The molecule has 2 aromatic rings. The lowest BCUT2D eigenvalue weighted by Gasteiger charge is -2.11. The lowest BCUT2D eigenvalue weighted by Crippen LogP contribution is -2.17. The van der Waals surface area contributed by atoms with Crippen LogP contribution in [0.2, 0.25) is 0 Å². The van der Waals surface area contributed by atoms with Gasteiger partial charge < -0.3 is 5.73 Å². The summed E-state index contributed by atoms with van der Waals surface area (Å²) in [5.41, 5.74) is 7.18. The minimum atomic E-state index is -0.601. The Labute approximate surface area is 104 Å². The second-order valence-electron chi connectivity index (χ2n) is 4.16. The van der Waals surface area contributed by atoms with Crippen LogP contribution in [0.5, 0.6) is 0 Å². The minimum Gasteiger partial charge on any atom is -0.321 e. The van der Waals surface area contributed by atoms with E-state index in [1.54, 1.807) is 12.4 Å². The first-order valence-corrected chi connectivity index (χ1v) is 5.54. The molecule has 5 heteroatoms. The highest BCUT2D eigenvalue weighted by molar-refractivity contribution is 5.20. The number of nitrogens with two attached hydrogens (primary N) is 1. The molecule has 1 unspecified atom stereocenters. The second-order valence-corrected chi connectivity index (χ2v) is 4.16. The van der Waals surface area contributed by atoms with Crippen molar-refractivity contribution in [3.63, 3.8) is 0 Å². The van der Waals surface area contributed by atoms with Crippen LogP contribution in [-0.2, 0) is 6.42 Å². The van der Waals surface area contributed by atoms with E-state index < -0.39 is 17.7 Å². The zero-order valence-corrected chi connectivity index (χ0v) is 9.90. The molecule has 1 aromatic heterocycles. The van der Waals surface area contributed by atoms with Gasteiger partial charge >= 0.3 is 0 Å². The monoisotopic (exact) mass is 249 g/mol. The largest absolute Gasteiger partial charge is 0.321 e. The Morgan fingerprint density at radius 1 is 1.22 bits per heavy atom. The summed E-state index contributed by atoms with van der Waals surface area (Å²) >= 11 is 0. The molecule has 18 heavy (non-hydrogen) atoms. The van der Waals surface area contributed by atoms with Crippen molar-refractivity contribution in [3.8, 4) is 0 Å². The predicted molar refractivity (Wildman–Crippen MR) is 63.8 cm³/mol. The molecule has 94 valence electrons. The van der Waals surface area contributed by atoms with Gasteiger partial charge in [0.1, 0.15) is 17.5 Å². The van der Waals surface area contributed by atoms with E-state index in [1.807, 2.05) is 6.92 Å². The Morgan fingerprint density at radius 3 is 2.50 bits per heavy atom. The number of aromatic nitrogens is 2. The maximum Gasteiger partial charge on any atom is 0.145 e. The van der Waals surface area contributed by atoms with Gasteiger partial charge in [-0.15, -0.1) is 0 Å². The molecule has 0 radical (unpaired) electrons. The molecule has 0 saturated carbocycles. The number of aryl methyl sites for hydroxylation is 1. The average Bonchev–Trinajstić information content (AvgIpc) is 2.33. The number of halogens is 2. The summed E-state index contributed by atoms with van der Waals surface area (Å²) in [6.45, 7) is 1.87. The van der Waals surface area contributed by atoms with Gasteiger partial charge in [-0.05, 0) is 30.5 Å². The second kappa shape index (κ2) is 5.18. The SMILES string of the molecule is Cc1cnc(C(N)Cc2ccc(F)cc2F)nc1. The number of nitrogens with zero attached hydrogens (tertiary/aromatic N) is 2. The molecule has 0 bridgehead atoms. The summed E-state index contributed by atoms with van der Waals surface area (Å²) in [6, 6.07) is 2.93. The third-order valence-electron chi connectivity index (χ3n) is 2.59. The summed E-state index contributed by atoms with van der Waals surface area (Å²) < 4.78 is 26.2. The zero-order chi connectivity index (χ0) is 13.1. The lowest BCUT2D eigenvalue weighted by molar-refractivity contribution is 0.558. The van der Waals surface area contributed by atoms with Gasteiger partial charge in [0.15, 0.2) is 0 Å². The standard InChI is InChI=1S/C13H13F2N3/c1-8-6-17-13(18-7-8)12(16)4-9-2-3-10(14)5-11(9)15/h2-3,5-7,12H,4,16H2,1H3. The minimum absolute atomic E-state index is 0.231. The zero-order valence-electron chi connectivity index (χ0n) is 9.90. The molecule has 0 fully saturated rings. The fourth-order valence-corrected chi connectivity index (χ4v) is 1.61. The molecule has 0 aliphatic rings. The third kappa shape index (κ3) is 2.87. The van der Waals surface area contributed by atoms with Gasteiger partial charge in [-0.2, -0.15) is 0 Å². The Kier molecular flexibility index (Phi) is 3.62. The highest BCUT2D eigenvalue weighted by atomic mass is 19.1. The summed E-state index contributed by atoms with van der Waals surface area (Å²) in [7, 11) is 0. The van der Waals surface area contributed by atoms with Crippen LogP contribution in [-0.4, -0.2) is 9.97 Å². The molecule has 0 aliphatic heterocycles. The normalized spacial score (nSPS) is 12.4. The first-order chi connectivity index (χ1) is 8.56. The molecule has 2 rings (SSSR count). The number of hydrogen-bond donors (Lipinski definition) is 1. The van der Waals surface area contributed by atoms with Crippen LogP contribution >= 0.6 is 0 Å². The van der Waals surface area contributed by atoms with Crippen molar-refractivity contribution in [1.82, 2.24) is 9.97 Å². The first-order valence-electron chi connectivity index (χ1n) is 5.54. The Bertz CT molecular complexity index is 540. The number of rotatable bonds is 3. The molecule has 0 aliphatic carbocycles. The van der Waals surface area contributed by atoms with Crippen LogP contribution in [0.3, 0.4) is 0 Å². The van der Waals surface area contributed by atoms with Crippen LogP contribution < -0.4 is 5.73 Å². The highest BCUT2D eigenvalue weighted by Gasteiger charge is 2.13. The lowest BCUT2D eigenvalue weighted by atomic mass is 10.1. The van der Waals surface area contributed by atoms with Crippen molar-refractivity contribution in [1.29, 1.82) is 0 Å². The van der Waals surface area contributed by atoms with Crippen LogP contribution in [0, 0.1) is 18.6 Å². The van der Waals surface area contributed by atoms with Crippen molar-refractivity contribution < 1.29 is 8.78 Å². The van der Waals surface area contributed by atoms with Gasteiger partial charge in [-0.25, -0.2) is 18.7 Å². The molecular formula is C13H13F2N3. The maximum atomic E-state index is 13.5. The Hall–Kier alpha value is -1.88. The van der Waals surface area contributed by atoms with Gasteiger partial charge in [0.05, 0.1) is 6.04 Å². The quantitative estimate of drug-likeness (QED) is 0.908. The summed E-state index contributed by atoms with van der Waals surface area (Å²) in [5.74, 6) is -0.752. The van der Waals surface area contributed by atoms with E-state index in [-0.39, 0.29) is 6.42 Å². The van der Waals surface area contributed by atoms with Crippen molar-refractivity contribution in [2.24, 2.45) is 5.73 Å². The van der Waals surface area contributed by atoms with Crippen molar-refractivity contribution in [2.75, 3.05) is 0 Å². The molecule has 2 N–H and O–H groups in total. The van der Waals surface area contributed by atoms with Gasteiger partial charge in [-0.3, -0.25) is 0 Å². The van der Waals surface area contributed by atoms with Crippen LogP contribution in [0.1, 0.15) is 23.0 Å². The third-order valence-corrected chi connectivity index (χ3v) is 2.59. The van der Waals surface area contributed by atoms with Crippen molar-refractivity contribution in [3.05, 3.63) is 59.2 Å². The van der Waals surface area contributed by atoms with Crippen LogP contribution in [0.4, 0.5) is 8.78 Å². The fraction of sp³-hybridized carbons (Fsp3) is 0.231. The molecule has 1 atom stereocenters. The van der Waals surface area contributed by atoms with Crippen LogP contribution in [0.15, 0.2) is 30.6 Å². The Balaban J connectivity index is 2.15. The molecule has 0 amide bonds. The number of hydrogen-bond acceptors (Lipinski definition) is 3. The predicted octanol–water partition coefficient (Wildman–Crippen LogP) is 2.31. The molecular weight excluding hydrogens is 236 g/mol. The van der Waals surface area contributed by atoms with Crippen molar-refractivity contribution >= 4 is 0 Å². The molecule has 1 heterocycles. The van der Waals surface area contributed by atoms with E-state index in [9.17, 15) is 8.78 Å². The van der Waals surface area contributed by atoms with E-state index in [0.717, 1.165) is 11.6 Å². The Morgan fingerprint density at radius 2 is 1.89 bits per heavy atom. The fourth-order valence-electron chi connectivity index (χ4n) is 1.61. The van der Waals surface area contributed by atoms with E-state index in [4.69, 9.17) is 5.73 Å². The number of benzene rings is 1. The summed E-state index contributed by atoms with van der Waals surface area (Å²) in [4.78, 5) is 8.18. The van der Waals surface area contributed by atoms with E-state index in [2.05, 4.69) is 9.97 Å². The highest BCUT2D eigenvalue weighted by Crippen LogP contribution is 2.16. The van der Waals surface area contributed by atoms with Gasteiger partial charge in [0.2, 0.25) is 0 Å². The summed E-state index contributed by atoms with van der Waals surface area (Å²) in [6.07, 6.45) is 3.54. The smallest absolute Gasteiger partial charge is 0.145 e. The topological polar surface area (TPSA) is 51.8 Å². The molecule has 0 spiro atoms.